The maximum Gasteiger partial charge on any atom is 0.266 e. The molecule has 0 spiro atoms. The maximum atomic E-state index is 13.2. The summed E-state index contributed by atoms with van der Waals surface area (Å²) >= 11 is 1.25. The summed E-state index contributed by atoms with van der Waals surface area (Å²) < 4.78 is 1.60. The number of aryl methyl sites for hydroxylation is 1. The summed E-state index contributed by atoms with van der Waals surface area (Å²) in [5.41, 5.74) is 2.94. The molecule has 1 amide bonds. The molecule has 1 heterocycles. The Morgan fingerprint density at radius 3 is 2.45 bits per heavy atom. The molecule has 0 bridgehead atoms. The van der Waals surface area contributed by atoms with Gasteiger partial charge in [0.05, 0.1) is 22.3 Å². The number of amides is 1. The third-order valence-electron chi connectivity index (χ3n) is 4.49. The topological polar surface area (TPSA) is 64.0 Å². The predicted octanol–water partition coefficient (Wildman–Crippen LogP) is 4.42. The number of anilines is 1. The van der Waals surface area contributed by atoms with E-state index < -0.39 is 0 Å². The molecule has 1 aromatic heterocycles. The number of hydrogen-bond acceptors (Lipinski definition) is 4. The van der Waals surface area contributed by atoms with Crippen LogP contribution < -0.4 is 10.9 Å². The second kappa shape index (κ2) is 8.32. The Morgan fingerprint density at radius 1 is 0.966 bits per heavy atom. The predicted molar refractivity (Wildman–Crippen MR) is 118 cm³/mol. The zero-order chi connectivity index (χ0) is 20.2. The molecule has 3 aromatic carbocycles. The van der Waals surface area contributed by atoms with E-state index in [0.29, 0.717) is 16.1 Å². The van der Waals surface area contributed by atoms with Gasteiger partial charge in [0.2, 0.25) is 5.91 Å². The van der Waals surface area contributed by atoms with Crippen LogP contribution in [0.2, 0.25) is 0 Å². The number of nitrogens with one attached hydrogen (secondary N) is 1. The summed E-state index contributed by atoms with van der Waals surface area (Å²) in [6, 6.07) is 24.2. The molecule has 0 saturated heterocycles. The van der Waals surface area contributed by atoms with E-state index in [1.165, 1.54) is 11.8 Å². The van der Waals surface area contributed by atoms with Crippen molar-refractivity contribution in [3.63, 3.8) is 0 Å². The fourth-order valence-electron chi connectivity index (χ4n) is 3.08. The van der Waals surface area contributed by atoms with Crippen molar-refractivity contribution in [2.75, 3.05) is 11.1 Å². The molecule has 144 valence electrons. The normalized spacial score (nSPS) is 10.8. The van der Waals surface area contributed by atoms with Crippen molar-refractivity contribution in [2.24, 2.45) is 0 Å². The number of para-hydroxylation sites is 3. The van der Waals surface area contributed by atoms with E-state index in [-0.39, 0.29) is 17.2 Å². The minimum Gasteiger partial charge on any atom is -0.325 e. The Balaban J connectivity index is 1.71. The Hall–Kier alpha value is -3.38. The van der Waals surface area contributed by atoms with Crippen LogP contribution in [0.25, 0.3) is 16.6 Å². The van der Waals surface area contributed by atoms with Gasteiger partial charge < -0.3 is 5.32 Å². The highest BCUT2D eigenvalue weighted by Crippen LogP contribution is 2.23. The first-order valence-electron chi connectivity index (χ1n) is 9.19. The van der Waals surface area contributed by atoms with Gasteiger partial charge in [-0.05, 0) is 42.8 Å². The standard InChI is InChI=1S/C23H19N3O2S/c1-16-9-5-8-14-20(16)26-22(28)18-12-6-7-13-19(18)25-23(26)29-15-21(27)24-17-10-3-2-4-11-17/h2-14H,15H2,1H3,(H,24,27). The quantitative estimate of drug-likeness (QED) is 0.397. The van der Waals surface area contributed by atoms with Crippen molar-refractivity contribution in [1.29, 1.82) is 0 Å². The molecule has 6 heteroatoms. The van der Waals surface area contributed by atoms with Gasteiger partial charge in [-0.25, -0.2) is 4.98 Å². The monoisotopic (exact) mass is 401 g/mol. The summed E-state index contributed by atoms with van der Waals surface area (Å²) in [5.74, 6) is -0.00843. The summed E-state index contributed by atoms with van der Waals surface area (Å²) in [6.07, 6.45) is 0. The average molecular weight is 401 g/mol. The summed E-state index contributed by atoms with van der Waals surface area (Å²) in [4.78, 5) is 30.3. The van der Waals surface area contributed by atoms with Crippen molar-refractivity contribution < 1.29 is 4.79 Å². The summed E-state index contributed by atoms with van der Waals surface area (Å²) in [7, 11) is 0. The van der Waals surface area contributed by atoms with E-state index in [0.717, 1.165) is 16.9 Å². The van der Waals surface area contributed by atoms with Crippen molar-refractivity contribution in [3.05, 3.63) is 94.8 Å². The molecule has 0 fully saturated rings. The van der Waals surface area contributed by atoms with Crippen LogP contribution in [0.3, 0.4) is 0 Å². The van der Waals surface area contributed by atoms with Crippen LogP contribution in [0.5, 0.6) is 0 Å². The number of nitrogens with zero attached hydrogens (tertiary/aromatic N) is 2. The lowest BCUT2D eigenvalue weighted by atomic mass is 10.2. The van der Waals surface area contributed by atoms with Gasteiger partial charge >= 0.3 is 0 Å². The second-order valence-corrected chi connectivity index (χ2v) is 7.48. The van der Waals surface area contributed by atoms with Crippen LogP contribution in [-0.2, 0) is 4.79 Å². The van der Waals surface area contributed by atoms with E-state index in [1.54, 1.807) is 10.6 Å². The van der Waals surface area contributed by atoms with Crippen LogP contribution in [0.4, 0.5) is 5.69 Å². The van der Waals surface area contributed by atoms with Crippen LogP contribution >= 0.6 is 11.8 Å². The molecule has 0 atom stereocenters. The molecule has 0 aliphatic rings. The minimum atomic E-state index is -0.153. The largest absolute Gasteiger partial charge is 0.325 e. The molecule has 0 saturated carbocycles. The van der Waals surface area contributed by atoms with E-state index in [9.17, 15) is 9.59 Å². The molecule has 5 nitrogen and oxygen atoms in total. The van der Waals surface area contributed by atoms with Crippen molar-refractivity contribution in [2.45, 2.75) is 12.1 Å². The Morgan fingerprint density at radius 2 is 1.66 bits per heavy atom. The molecular formula is C23H19N3O2S. The Kier molecular flexibility index (Phi) is 5.44. The minimum absolute atomic E-state index is 0.143. The number of benzene rings is 3. The third kappa shape index (κ3) is 4.07. The fourth-order valence-corrected chi connectivity index (χ4v) is 3.89. The maximum absolute atomic E-state index is 13.2. The van der Waals surface area contributed by atoms with Gasteiger partial charge in [-0.2, -0.15) is 0 Å². The summed E-state index contributed by atoms with van der Waals surface area (Å²) in [6.45, 7) is 1.95. The lowest BCUT2D eigenvalue weighted by Crippen LogP contribution is -2.23. The van der Waals surface area contributed by atoms with Crippen molar-refractivity contribution >= 4 is 34.3 Å². The molecule has 0 unspecified atom stereocenters. The molecule has 0 aliphatic heterocycles. The Labute approximate surface area is 172 Å². The van der Waals surface area contributed by atoms with Crippen LogP contribution in [0, 0.1) is 6.92 Å². The second-order valence-electron chi connectivity index (χ2n) is 6.54. The number of carbonyl (C=O) groups is 1. The zero-order valence-electron chi connectivity index (χ0n) is 15.8. The van der Waals surface area contributed by atoms with Crippen molar-refractivity contribution in [1.82, 2.24) is 9.55 Å². The molecular weight excluding hydrogens is 382 g/mol. The van der Waals surface area contributed by atoms with Gasteiger partial charge in [-0.3, -0.25) is 14.2 Å². The van der Waals surface area contributed by atoms with E-state index in [1.807, 2.05) is 79.7 Å². The van der Waals surface area contributed by atoms with Crippen molar-refractivity contribution in [3.8, 4) is 5.69 Å². The first-order valence-corrected chi connectivity index (χ1v) is 10.2. The highest BCUT2D eigenvalue weighted by atomic mass is 32.2. The van der Waals surface area contributed by atoms with Crippen LogP contribution in [0.15, 0.2) is 88.8 Å². The highest BCUT2D eigenvalue weighted by molar-refractivity contribution is 7.99. The third-order valence-corrected chi connectivity index (χ3v) is 5.43. The first-order chi connectivity index (χ1) is 14.1. The number of carbonyl (C=O) groups excluding carboxylic acids is 1. The lowest BCUT2D eigenvalue weighted by Gasteiger charge is -2.15. The number of rotatable bonds is 5. The van der Waals surface area contributed by atoms with Crippen LogP contribution in [-0.4, -0.2) is 21.2 Å². The highest BCUT2D eigenvalue weighted by Gasteiger charge is 2.16. The van der Waals surface area contributed by atoms with E-state index >= 15 is 0 Å². The SMILES string of the molecule is Cc1ccccc1-n1c(SCC(=O)Nc2ccccc2)nc2ccccc2c1=O. The van der Waals surface area contributed by atoms with Gasteiger partial charge in [0.1, 0.15) is 0 Å². The molecule has 0 aliphatic carbocycles. The zero-order valence-corrected chi connectivity index (χ0v) is 16.6. The Bertz CT molecular complexity index is 1240. The molecule has 1 N–H and O–H groups in total. The number of thioether (sulfide) groups is 1. The van der Waals surface area contributed by atoms with E-state index in [2.05, 4.69) is 10.3 Å². The number of aromatic nitrogens is 2. The van der Waals surface area contributed by atoms with Crippen LogP contribution in [0.1, 0.15) is 5.56 Å². The smallest absolute Gasteiger partial charge is 0.266 e. The van der Waals surface area contributed by atoms with E-state index in [4.69, 9.17) is 0 Å². The molecule has 4 aromatic rings. The summed E-state index contributed by atoms with van der Waals surface area (Å²) in [5, 5.41) is 3.90. The van der Waals surface area contributed by atoms with Gasteiger partial charge in [0, 0.05) is 5.69 Å². The lowest BCUT2D eigenvalue weighted by molar-refractivity contribution is -0.113. The molecule has 0 radical (unpaired) electrons. The fraction of sp³-hybridized carbons (Fsp3) is 0.0870. The average Bonchev–Trinajstić information content (AvgIpc) is 2.74. The molecule has 4 rings (SSSR count). The number of hydrogen-bond donors (Lipinski definition) is 1. The number of fused-ring (bicyclic) bond motifs is 1. The van der Waals surface area contributed by atoms with Gasteiger partial charge in [-0.1, -0.05) is 60.3 Å². The molecule has 29 heavy (non-hydrogen) atoms. The first kappa shape index (κ1) is 19.0. The van der Waals surface area contributed by atoms with Gasteiger partial charge in [-0.15, -0.1) is 0 Å². The van der Waals surface area contributed by atoms with Gasteiger partial charge in [0.25, 0.3) is 5.56 Å². The van der Waals surface area contributed by atoms with Gasteiger partial charge in [0.15, 0.2) is 5.16 Å².